The third-order valence-electron chi connectivity index (χ3n) is 5.53. The maximum Gasteiger partial charge on any atom is 0.387 e. The highest BCUT2D eigenvalue weighted by Crippen LogP contribution is 2.42. The van der Waals surface area contributed by atoms with Crippen LogP contribution in [0, 0.1) is 0 Å². The second kappa shape index (κ2) is 7.54. The van der Waals surface area contributed by atoms with Crippen molar-refractivity contribution in [2.45, 2.75) is 43.7 Å². The predicted molar refractivity (Wildman–Crippen MR) is 96.6 cm³/mol. The van der Waals surface area contributed by atoms with Crippen LogP contribution in [0.1, 0.15) is 24.0 Å². The molecular formula is C21H23F2NO3. The lowest BCUT2D eigenvalue weighted by atomic mass is 9.76. The SMILES string of the molecule is OC1(c2ccc(OC(F)F)cc2)CC2COCC(C1)N2Cc1ccccc1. The number of hydrogen-bond donors (Lipinski definition) is 1. The third kappa shape index (κ3) is 3.98. The largest absolute Gasteiger partial charge is 0.435 e. The van der Waals surface area contributed by atoms with E-state index in [-0.39, 0.29) is 17.8 Å². The monoisotopic (exact) mass is 375 g/mol. The summed E-state index contributed by atoms with van der Waals surface area (Å²) in [6.07, 6.45) is 1.09. The lowest BCUT2D eigenvalue weighted by Crippen LogP contribution is -2.60. The summed E-state index contributed by atoms with van der Waals surface area (Å²) in [6.45, 7) is -0.857. The quantitative estimate of drug-likeness (QED) is 0.868. The first-order valence-corrected chi connectivity index (χ1v) is 9.19. The van der Waals surface area contributed by atoms with Crippen LogP contribution in [0.25, 0.3) is 0 Å². The van der Waals surface area contributed by atoms with Gasteiger partial charge in [0.25, 0.3) is 0 Å². The molecular weight excluding hydrogens is 352 g/mol. The Morgan fingerprint density at radius 3 is 2.26 bits per heavy atom. The Hall–Kier alpha value is -2.02. The number of rotatable bonds is 5. The minimum atomic E-state index is -2.85. The molecule has 0 aromatic heterocycles. The van der Waals surface area contributed by atoms with Gasteiger partial charge in [-0.3, -0.25) is 4.90 Å². The van der Waals surface area contributed by atoms with Crippen LogP contribution < -0.4 is 4.74 Å². The van der Waals surface area contributed by atoms with Crippen LogP contribution in [0.4, 0.5) is 8.78 Å². The van der Waals surface area contributed by atoms with E-state index in [0.717, 1.165) is 12.1 Å². The highest BCUT2D eigenvalue weighted by molar-refractivity contribution is 5.32. The molecule has 2 bridgehead atoms. The van der Waals surface area contributed by atoms with Crippen molar-refractivity contribution in [2.24, 2.45) is 0 Å². The Labute approximate surface area is 157 Å². The van der Waals surface area contributed by atoms with Gasteiger partial charge in [0, 0.05) is 18.6 Å². The number of benzene rings is 2. The number of aliphatic hydroxyl groups is 1. The first kappa shape index (κ1) is 18.3. The smallest absolute Gasteiger partial charge is 0.387 e. The van der Waals surface area contributed by atoms with Crippen LogP contribution in [0.5, 0.6) is 5.75 Å². The maximum atomic E-state index is 12.3. The van der Waals surface area contributed by atoms with Gasteiger partial charge in [0.15, 0.2) is 0 Å². The van der Waals surface area contributed by atoms with Crippen LogP contribution in [0.2, 0.25) is 0 Å². The van der Waals surface area contributed by atoms with Gasteiger partial charge in [-0.05, 0) is 36.1 Å². The molecule has 2 aliphatic heterocycles. The van der Waals surface area contributed by atoms with Crippen LogP contribution in [0.15, 0.2) is 54.6 Å². The molecule has 0 spiro atoms. The molecule has 0 aliphatic carbocycles. The Kier molecular flexibility index (Phi) is 5.12. The average Bonchev–Trinajstić information content (AvgIpc) is 2.64. The number of ether oxygens (including phenoxy) is 2. The van der Waals surface area contributed by atoms with E-state index in [1.165, 1.54) is 17.7 Å². The van der Waals surface area contributed by atoms with Gasteiger partial charge in [0.2, 0.25) is 0 Å². The molecule has 0 amide bonds. The Morgan fingerprint density at radius 1 is 1.04 bits per heavy atom. The molecule has 2 aromatic carbocycles. The summed E-state index contributed by atoms with van der Waals surface area (Å²) >= 11 is 0. The van der Waals surface area contributed by atoms with Crippen LogP contribution in [0.3, 0.4) is 0 Å². The predicted octanol–water partition coefficient (Wildman–Crippen LogP) is 3.54. The Balaban J connectivity index is 1.51. The summed E-state index contributed by atoms with van der Waals surface area (Å²) < 4.78 is 34.8. The number of alkyl halides is 2. The van der Waals surface area contributed by atoms with Crippen molar-refractivity contribution >= 4 is 0 Å². The fourth-order valence-electron chi connectivity index (χ4n) is 4.28. The molecule has 0 saturated carbocycles. The third-order valence-corrected chi connectivity index (χ3v) is 5.53. The minimum Gasteiger partial charge on any atom is -0.435 e. The van der Waals surface area contributed by atoms with Crippen molar-refractivity contribution < 1.29 is 23.4 Å². The zero-order valence-corrected chi connectivity index (χ0v) is 14.9. The number of nitrogens with zero attached hydrogens (tertiary/aromatic N) is 1. The number of piperidine rings is 1. The summed E-state index contributed by atoms with van der Waals surface area (Å²) in [5.41, 5.74) is 0.990. The maximum absolute atomic E-state index is 12.3. The summed E-state index contributed by atoms with van der Waals surface area (Å²) in [7, 11) is 0. The van der Waals surface area contributed by atoms with Gasteiger partial charge in [-0.25, -0.2) is 0 Å². The van der Waals surface area contributed by atoms with Crippen LogP contribution in [-0.2, 0) is 16.9 Å². The number of fused-ring (bicyclic) bond motifs is 2. The molecule has 2 aliphatic rings. The van der Waals surface area contributed by atoms with E-state index in [9.17, 15) is 13.9 Å². The summed E-state index contributed by atoms with van der Waals surface area (Å²) in [4.78, 5) is 2.42. The lowest BCUT2D eigenvalue weighted by Gasteiger charge is -2.52. The molecule has 2 fully saturated rings. The average molecular weight is 375 g/mol. The molecule has 1 N–H and O–H groups in total. The number of morpholine rings is 1. The van der Waals surface area contributed by atoms with E-state index in [4.69, 9.17) is 4.74 Å². The summed E-state index contributed by atoms with van der Waals surface area (Å²) in [5, 5.41) is 11.3. The van der Waals surface area contributed by atoms with E-state index >= 15 is 0 Å². The van der Waals surface area contributed by atoms with Crippen LogP contribution >= 0.6 is 0 Å². The van der Waals surface area contributed by atoms with E-state index < -0.39 is 12.2 Å². The molecule has 144 valence electrons. The molecule has 27 heavy (non-hydrogen) atoms. The fourth-order valence-corrected chi connectivity index (χ4v) is 4.28. The molecule has 2 atom stereocenters. The van der Waals surface area contributed by atoms with Gasteiger partial charge in [-0.2, -0.15) is 8.78 Å². The van der Waals surface area contributed by atoms with Crippen LogP contribution in [-0.4, -0.2) is 41.9 Å². The van der Waals surface area contributed by atoms with Gasteiger partial charge in [-0.1, -0.05) is 42.5 Å². The molecule has 4 nitrogen and oxygen atoms in total. The lowest BCUT2D eigenvalue weighted by molar-refractivity contribution is -0.149. The number of hydrogen-bond acceptors (Lipinski definition) is 4. The molecule has 2 aromatic rings. The van der Waals surface area contributed by atoms with Crippen molar-refractivity contribution in [2.75, 3.05) is 13.2 Å². The van der Waals surface area contributed by atoms with Gasteiger partial charge in [0.05, 0.1) is 18.8 Å². The standard InChI is InChI=1S/C21H23F2NO3/c22-20(23)27-19-8-6-16(7-9-19)21(25)10-17-13-26-14-18(11-21)24(17)12-15-4-2-1-3-5-15/h1-9,17-18,20,25H,10-14H2. The highest BCUT2D eigenvalue weighted by atomic mass is 19.3. The van der Waals surface area contributed by atoms with E-state index in [0.29, 0.717) is 26.1 Å². The first-order chi connectivity index (χ1) is 13.0. The molecule has 2 unspecified atom stereocenters. The van der Waals surface area contributed by atoms with Crippen molar-refractivity contribution in [1.29, 1.82) is 0 Å². The molecule has 4 rings (SSSR count). The molecule has 0 radical (unpaired) electrons. The van der Waals surface area contributed by atoms with Gasteiger partial charge < -0.3 is 14.6 Å². The van der Waals surface area contributed by atoms with Gasteiger partial charge >= 0.3 is 6.61 Å². The second-order valence-corrected chi connectivity index (χ2v) is 7.35. The summed E-state index contributed by atoms with van der Waals surface area (Å²) in [6, 6.07) is 16.9. The molecule has 2 heterocycles. The number of halogens is 2. The second-order valence-electron chi connectivity index (χ2n) is 7.35. The van der Waals surface area contributed by atoms with Crippen molar-refractivity contribution in [1.82, 2.24) is 4.90 Å². The van der Waals surface area contributed by atoms with E-state index in [1.807, 2.05) is 18.2 Å². The summed E-state index contributed by atoms with van der Waals surface area (Å²) in [5.74, 6) is 0.0994. The highest BCUT2D eigenvalue weighted by Gasteiger charge is 2.46. The van der Waals surface area contributed by atoms with Gasteiger partial charge in [-0.15, -0.1) is 0 Å². The normalized spacial score (nSPS) is 28.3. The van der Waals surface area contributed by atoms with Crippen molar-refractivity contribution in [3.05, 3.63) is 65.7 Å². The Bertz CT molecular complexity index is 740. The molecule has 2 saturated heterocycles. The van der Waals surface area contributed by atoms with Gasteiger partial charge in [0.1, 0.15) is 5.75 Å². The Morgan fingerprint density at radius 2 is 1.67 bits per heavy atom. The van der Waals surface area contributed by atoms with E-state index in [2.05, 4.69) is 21.8 Å². The van der Waals surface area contributed by atoms with Crippen molar-refractivity contribution in [3.8, 4) is 5.75 Å². The van der Waals surface area contributed by atoms with E-state index in [1.54, 1.807) is 12.1 Å². The first-order valence-electron chi connectivity index (χ1n) is 9.19. The fraction of sp³-hybridized carbons (Fsp3) is 0.429. The zero-order valence-electron chi connectivity index (χ0n) is 14.9. The molecule has 6 heteroatoms. The van der Waals surface area contributed by atoms with Crippen molar-refractivity contribution in [3.63, 3.8) is 0 Å². The minimum absolute atomic E-state index is 0.0994. The zero-order chi connectivity index (χ0) is 18.9. The topological polar surface area (TPSA) is 41.9 Å².